The zero-order chi connectivity index (χ0) is 25.9. The molecule has 2 aliphatic carbocycles. The van der Waals surface area contributed by atoms with Crippen LogP contribution in [0.1, 0.15) is 42.7 Å². The molecule has 0 bridgehead atoms. The van der Waals surface area contributed by atoms with Crippen LogP contribution in [0.5, 0.6) is 0 Å². The summed E-state index contributed by atoms with van der Waals surface area (Å²) < 4.78 is 6.29. The zero-order valence-corrected chi connectivity index (χ0v) is 22.3. The molecule has 38 heavy (non-hydrogen) atoms. The summed E-state index contributed by atoms with van der Waals surface area (Å²) in [4.78, 5) is 2.31. The van der Waals surface area contributed by atoms with Crippen molar-refractivity contribution in [3.8, 4) is 22.5 Å². The number of hydrogen-bond acceptors (Lipinski definition) is 2. The first kappa shape index (κ1) is 23.1. The lowest BCUT2D eigenvalue weighted by Crippen LogP contribution is -2.16. The molecule has 0 unspecified atom stereocenters. The highest BCUT2D eigenvalue weighted by atomic mass is 35.5. The lowest BCUT2D eigenvalue weighted by molar-refractivity contribution is 0.520. The fraction of sp³-hybridized carbons (Fsp3) is 0.143. The van der Waals surface area contributed by atoms with Crippen molar-refractivity contribution in [3.63, 3.8) is 0 Å². The van der Waals surface area contributed by atoms with E-state index in [2.05, 4.69) is 116 Å². The topological polar surface area (TPSA) is 16.4 Å². The number of nitrogens with zero attached hydrogens (tertiary/aromatic N) is 1. The number of furan rings is 1. The van der Waals surface area contributed by atoms with E-state index in [1.165, 1.54) is 27.8 Å². The summed E-state index contributed by atoms with van der Waals surface area (Å²) in [7, 11) is 0. The number of hydrogen-bond donors (Lipinski definition) is 0. The fourth-order valence-corrected chi connectivity index (χ4v) is 6.14. The second-order valence-electron chi connectivity index (χ2n) is 10.7. The highest BCUT2D eigenvalue weighted by molar-refractivity contribution is 6.30. The van der Waals surface area contributed by atoms with Crippen LogP contribution < -0.4 is 4.90 Å². The maximum atomic E-state index is 6.29. The van der Waals surface area contributed by atoms with Crippen LogP contribution in [0.3, 0.4) is 0 Å². The van der Waals surface area contributed by atoms with Crippen molar-refractivity contribution in [2.75, 3.05) is 4.90 Å². The van der Waals surface area contributed by atoms with Gasteiger partial charge in [-0.1, -0.05) is 80.1 Å². The van der Waals surface area contributed by atoms with E-state index >= 15 is 0 Å². The second kappa shape index (κ2) is 8.79. The molecule has 186 valence electrons. The van der Waals surface area contributed by atoms with E-state index in [1.54, 1.807) is 0 Å². The minimum atomic E-state index is -0.0732. The minimum absolute atomic E-state index is 0.0732. The minimum Gasteiger partial charge on any atom is -0.460 e. The lowest BCUT2D eigenvalue weighted by Gasteiger charge is -2.28. The molecule has 0 saturated heterocycles. The third-order valence-corrected chi connectivity index (χ3v) is 8.23. The second-order valence-corrected chi connectivity index (χ2v) is 11.1. The van der Waals surface area contributed by atoms with Crippen molar-refractivity contribution in [3.05, 3.63) is 131 Å². The van der Waals surface area contributed by atoms with E-state index in [9.17, 15) is 0 Å². The standard InChI is InChI=1S/C35H28ClNO/c1-35(2)31-12-5-4-11-29(31)30-19-18-28(22-32(30)35)37(26-16-14-25(36)15-17-26)27-10-7-9-23(20-27)34-21-24-8-3-6-13-33(24)38-34/h3-5,7-12,14-22H,6,13H2,1-2H3. The van der Waals surface area contributed by atoms with Crippen molar-refractivity contribution in [2.24, 2.45) is 0 Å². The Kier molecular flexibility index (Phi) is 5.35. The van der Waals surface area contributed by atoms with E-state index in [1.807, 2.05) is 12.1 Å². The number of allylic oxidation sites excluding steroid dienone is 1. The molecule has 1 heterocycles. The molecule has 2 aliphatic rings. The number of halogens is 1. The molecular formula is C35H28ClNO. The van der Waals surface area contributed by atoms with Crippen LogP contribution in [0.25, 0.3) is 28.5 Å². The van der Waals surface area contributed by atoms with Crippen molar-refractivity contribution in [1.29, 1.82) is 0 Å². The van der Waals surface area contributed by atoms with E-state index in [0.29, 0.717) is 0 Å². The first-order valence-corrected chi connectivity index (χ1v) is 13.6. The summed E-state index contributed by atoms with van der Waals surface area (Å²) in [6.45, 7) is 4.64. The Morgan fingerprint density at radius 1 is 0.737 bits per heavy atom. The summed E-state index contributed by atoms with van der Waals surface area (Å²) >= 11 is 6.29. The predicted octanol–water partition coefficient (Wildman–Crippen LogP) is 10.3. The molecule has 3 heteroatoms. The molecule has 2 nitrogen and oxygen atoms in total. The van der Waals surface area contributed by atoms with Gasteiger partial charge in [0.05, 0.1) is 0 Å². The molecular weight excluding hydrogens is 486 g/mol. The third-order valence-electron chi connectivity index (χ3n) is 7.98. The molecule has 0 saturated carbocycles. The van der Waals surface area contributed by atoms with Gasteiger partial charge in [-0.15, -0.1) is 0 Å². The zero-order valence-electron chi connectivity index (χ0n) is 21.5. The normalized spacial score (nSPS) is 14.6. The summed E-state index contributed by atoms with van der Waals surface area (Å²) in [6, 6.07) is 34.5. The Bertz CT molecular complexity index is 1710. The number of fused-ring (bicyclic) bond motifs is 4. The Labute approximate surface area is 228 Å². The highest BCUT2D eigenvalue weighted by Gasteiger charge is 2.35. The molecule has 5 aromatic rings. The van der Waals surface area contributed by atoms with E-state index < -0.39 is 0 Å². The van der Waals surface area contributed by atoms with E-state index in [0.717, 1.165) is 52.0 Å². The molecule has 0 amide bonds. The molecule has 0 atom stereocenters. The van der Waals surface area contributed by atoms with E-state index in [4.69, 9.17) is 16.0 Å². The number of anilines is 3. The van der Waals surface area contributed by atoms with Crippen molar-refractivity contribution < 1.29 is 4.42 Å². The van der Waals surface area contributed by atoms with Gasteiger partial charge in [-0.25, -0.2) is 0 Å². The van der Waals surface area contributed by atoms with Crippen LogP contribution in [0, 0.1) is 0 Å². The molecule has 0 radical (unpaired) electrons. The smallest absolute Gasteiger partial charge is 0.134 e. The van der Waals surface area contributed by atoms with Gasteiger partial charge in [0, 0.05) is 45.0 Å². The molecule has 0 aliphatic heterocycles. The van der Waals surface area contributed by atoms with Gasteiger partial charge < -0.3 is 9.32 Å². The van der Waals surface area contributed by atoms with E-state index in [-0.39, 0.29) is 5.41 Å². The predicted molar refractivity (Wildman–Crippen MR) is 159 cm³/mol. The summed E-state index contributed by atoms with van der Waals surface area (Å²) in [5.41, 5.74) is 10.8. The Morgan fingerprint density at radius 2 is 1.50 bits per heavy atom. The first-order valence-electron chi connectivity index (χ1n) is 13.2. The van der Waals surface area contributed by atoms with Crippen LogP contribution >= 0.6 is 11.6 Å². The average molecular weight is 514 g/mol. The van der Waals surface area contributed by atoms with Gasteiger partial charge in [0.15, 0.2) is 0 Å². The van der Waals surface area contributed by atoms with Crippen molar-refractivity contribution in [2.45, 2.75) is 32.1 Å². The molecule has 7 rings (SSSR count). The summed E-state index contributed by atoms with van der Waals surface area (Å²) in [5.74, 6) is 1.98. The van der Waals surface area contributed by atoms with Gasteiger partial charge in [-0.3, -0.25) is 0 Å². The molecule has 1 aromatic heterocycles. The lowest BCUT2D eigenvalue weighted by atomic mass is 9.82. The maximum Gasteiger partial charge on any atom is 0.134 e. The van der Waals surface area contributed by atoms with Crippen LogP contribution in [0.2, 0.25) is 5.02 Å². The fourth-order valence-electron chi connectivity index (χ4n) is 6.01. The van der Waals surface area contributed by atoms with Crippen molar-refractivity contribution >= 4 is 34.7 Å². The number of benzene rings is 4. The third kappa shape index (κ3) is 3.71. The number of rotatable bonds is 4. The van der Waals surface area contributed by atoms with Gasteiger partial charge in [0.1, 0.15) is 11.5 Å². The SMILES string of the molecule is CC1(C)c2ccccc2-c2ccc(N(c3ccc(Cl)cc3)c3cccc(-c4cc5c(o4)CCC=C5)c3)cc21. The maximum absolute atomic E-state index is 6.29. The summed E-state index contributed by atoms with van der Waals surface area (Å²) in [5, 5.41) is 0.724. The molecule has 0 spiro atoms. The highest BCUT2D eigenvalue weighted by Crippen LogP contribution is 2.50. The van der Waals surface area contributed by atoms with Crippen molar-refractivity contribution in [1.82, 2.24) is 0 Å². The molecule has 4 aromatic carbocycles. The van der Waals surface area contributed by atoms with Crippen LogP contribution in [0.4, 0.5) is 17.1 Å². The largest absolute Gasteiger partial charge is 0.460 e. The van der Waals surface area contributed by atoms with Crippen LogP contribution in [-0.4, -0.2) is 0 Å². The Hall–Kier alpha value is -4.01. The molecule has 0 fully saturated rings. The van der Waals surface area contributed by atoms with Crippen LogP contribution in [0.15, 0.2) is 108 Å². The van der Waals surface area contributed by atoms with Gasteiger partial charge >= 0.3 is 0 Å². The Morgan fingerprint density at radius 3 is 2.34 bits per heavy atom. The Balaban J connectivity index is 1.37. The molecule has 0 N–H and O–H groups in total. The number of aryl methyl sites for hydroxylation is 1. The summed E-state index contributed by atoms with van der Waals surface area (Å²) in [6.07, 6.45) is 6.37. The van der Waals surface area contributed by atoms with Gasteiger partial charge in [-0.2, -0.15) is 0 Å². The monoisotopic (exact) mass is 513 g/mol. The first-order chi connectivity index (χ1) is 18.5. The van der Waals surface area contributed by atoms with Gasteiger partial charge in [-0.05, 0) is 83.3 Å². The van der Waals surface area contributed by atoms with Gasteiger partial charge in [0.25, 0.3) is 0 Å². The average Bonchev–Trinajstić information content (AvgIpc) is 3.48. The van der Waals surface area contributed by atoms with Gasteiger partial charge in [0.2, 0.25) is 0 Å². The van der Waals surface area contributed by atoms with Crippen LogP contribution in [-0.2, 0) is 11.8 Å². The quantitative estimate of drug-likeness (QED) is 0.237.